The fraction of sp³-hybridized carbons (Fsp3) is 0.394. The van der Waals surface area contributed by atoms with Crippen LogP contribution in [0.1, 0.15) is 76.1 Å². The molecule has 0 saturated heterocycles. The van der Waals surface area contributed by atoms with Gasteiger partial charge in [-0.15, -0.1) is 0 Å². The van der Waals surface area contributed by atoms with Gasteiger partial charge in [-0.05, 0) is 73.9 Å². The van der Waals surface area contributed by atoms with Gasteiger partial charge in [-0.1, -0.05) is 64.2 Å². The molecule has 6 nitrogen and oxygen atoms in total. The van der Waals surface area contributed by atoms with Crippen LogP contribution < -0.4 is 14.2 Å². The molecule has 0 N–H and O–H groups in total. The molecule has 3 aromatic carbocycles. The number of rotatable bonds is 16. The number of hydrogen-bond acceptors (Lipinski definition) is 6. The van der Waals surface area contributed by atoms with E-state index in [4.69, 9.17) is 18.9 Å². The molecular formula is C33H39FO6. The molecule has 0 saturated carbocycles. The van der Waals surface area contributed by atoms with Crippen molar-refractivity contribution in [1.82, 2.24) is 0 Å². The Balaban J connectivity index is 1.51. The third kappa shape index (κ3) is 9.70. The molecule has 0 aliphatic heterocycles. The Labute approximate surface area is 236 Å². The molecule has 0 aromatic heterocycles. The maximum Gasteiger partial charge on any atom is 0.347 e. The Kier molecular flexibility index (Phi) is 12.5. The van der Waals surface area contributed by atoms with Crippen LogP contribution in [0.5, 0.6) is 17.2 Å². The van der Waals surface area contributed by atoms with E-state index >= 15 is 0 Å². The minimum Gasteiger partial charge on any atom is -0.494 e. The maximum atomic E-state index is 14.9. The standard InChI is InChI=1S/C33H39FO6/c1-4-6-7-8-9-10-22-37-27-14-11-25(12-15-27)30-20-13-26(23-31(30)34)33(36)40-29-18-16-28(17-19-29)39-24(3)32(35)38-21-5-2/h11-20,23-24H,4-10,21-22H2,1-3H3/t24-/m1/s1. The molecule has 3 aromatic rings. The average Bonchev–Trinajstić information content (AvgIpc) is 2.96. The number of hydrogen-bond donors (Lipinski definition) is 0. The summed E-state index contributed by atoms with van der Waals surface area (Å²) in [6, 6.07) is 17.8. The largest absolute Gasteiger partial charge is 0.494 e. The first-order valence-corrected chi connectivity index (χ1v) is 14.1. The number of ether oxygens (including phenoxy) is 4. The van der Waals surface area contributed by atoms with Crippen molar-refractivity contribution in [1.29, 1.82) is 0 Å². The summed E-state index contributed by atoms with van der Waals surface area (Å²) >= 11 is 0. The van der Waals surface area contributed by atoms with Gasteiger partial charge in [0.15, 0.2) is 6.10 Å². The highest BCUT2D eigenvalue weighted by molar-refractivity contribution is 5.91. The lowest BCUT2D eigenvalue weighted by atomic mass is 10.0. The van der Waals surface area contributed by atoms with Crippen molar-refractivity contribution >= 4 is 11.9 Å². The van der Waals surface area contributed by atoms with Gasteiger partial charge < -0.3 is 18.9 Å². The fourth-order valence-corrected chi connectivity index (χ4v) is 4.00. The molecule has 7 heteroatoms. The summed E-state index contributed by atoms with van der Waals surface area (Å²) in [5.41, 5.74) is 1.16. The number of unbranched alkanes of at least 4 members (excludes halogenated alkanes) is 5. The summed E-state index contributed by atoms with van der Waals surface area (Å²) < 4.78 is 36.8. The van der Waals surface area contributed by atoms with E-state index in [0.717, 1.165) is 25.0 Å². The van der Waals surface area contributed by atoms with Crippen LogP contribution in [0.4, 0.5) is 4.39 Å². The molecule has 0 radical (unpaired) electrons. The van der Waals surface area contributed by atoms with Crippen LogP contribution >= 0.6 is 0 Å². The van der Waals surface area contributed by atoms with Crippen molar-refractivity contribution in [3.05, 3.63) is 78.1 Å². The molecule has 0 amide bonds. The van der Waals surface area contributed by atoms with Crippen molar-refractivity contribution in [3.63, 3.8) is 0 Å². The predicted octanol–water partition coefficient (Wildman–Crippen LogP) is 8.17. The first-order valence-electron chi connectivity index (χ1n) is 14.1. The quantitative estimate of drug-likeness (QED) is 0.102. The van der Waals surface area contributed by atoms with E-state index in [-0.39, 0.29) is 11.3 Å². The summed E-state index contributed by atoms with van der Waals surface area (Å²) in [6.45, 7) is 6.72. The minimum absolute atomic E-state index is 0.0905. The van der Waals surface area contributed by atoms with Gasteiger partial charge in [0.2, 0.25) is 0 Å². The molecule has 0 fully saturated rings. The Hall–Kier alpha value is -3.87. The van der Waals surface area contributed by atoms with Crippen LogP contribution in [0.2, 0.25) is 0 Å². The third-order valence-corrected chi connectivity index (χ3v) is 6.26. The van der Waals surface area contributed by atoms with Gasteiger partial charge in [0.25, 0.3) is 0 Å². The number of esters is 2. The van der Waals surface area contributed by atoms with Crippen LogP contribution in [-0.4, -0.2) is 31.3 Å². The van der Waals surface area contributed by atoms with Crippen molar-refractivity contribution in [2.75, 3.05) is 13.2 Å². The van der Waals surface area contributed by atoms with E-state index in [1.54, 1.807) is 37.3 Å². The molecule has 3 rings (SSSR count). The minimum atomic E-state index is -0.768. The van der Waals surface area contributed by atoms with Gasteiger partial charge in [-0.3, -0.25) is 0 Å². The molecule has 0 unspecified atom stereocenters. The Morgan fingerprint density at radius 1 is 0.750 bits per heavy atom. The van der Waals surface area contributed by atoms with Crippen molar-refractivity contribution in [3.8, 4) is 28.4 Å². The van der Waals surface area contributed by atoms with Crippen LogP contribution in [0.15, 0.2) is 66.7 Å². The van der Waals surface area contributed by atoms with E-state index in [1.807, 2.05) is 19.1 Å². The summed E-state index contributed by atoms with van der Waals surface area (Å²) in [5.74, 6) is -0.220. The highest BCUT2D eigenvalue weighted by Gasteiger charge is 2.17. The zero-order valence-corrected chi connectivity index (χ0v) is 23.6. The molecule has 0 bridgehead atoms. The van der Waals surface area contributed by atoms with E-state index in [9.17, 15) is 14.0 Å². The molecule has 1 atom stereocenters. The molecule has 0 heterocycles. The van der Waals surface area contributed by atoms with Gasteiger partial charge >= 0.3 is 11.9 Å². The highest BCUT2D eigenvalue weighted by Crippen LogP contribution is 2.27. The normalized spacial score (nSPS) is 11.5. The smallest absolute Gasteiger partial charge is 0.347 e. The van der Waals surface area contributed by atoms with E-state index < -0.39 is 23.9 Å². The predicted molar refractivity (Wildman–Crippen MR) is 153 cm³/mol. The highest BCUT2D eigenvalue weighted by atomic mass is 19.1. The second-order valence-corrected chi connectivity index (χ2v) is 9.62. The second-order valence-electron chi connectivity index (χ2n) is 9.62. The van der Waals surface area contributed by atoms with Crippen LogP contribution in [0.25, 0.3) is 11.1 Å². The Morgan fingerprint density at radius 3 is 2.08 bits per heavy atom. The Morgan fingerprint density at radius 2 is 1.40 bits per heavy atom. The lowest BCUT2D eigenvalue weighted by Gasteiger charge is -2.14. The van der Waals surface area contributed by atoms with E-state index in [0.29, 0.717) is 30.1 Å². The first kappa shape index (κ1) is 30.7. The SMILES string of the molecule is CCCCCCCCOc1ccc(-c2ccc(C(=O)Oc3ccc(O[C@H](C)C(=O)OCCC)cc3)cc2F)cc1. The van der Waals surface area contributed by atoms with Crippen molar-refractivity contribution in [2.24, 2.45) is 0 Å². The lowest BCUT2D eigenvalue weighted by Crippen LogP contribution is -2.26. The van der Waals surface area contributed by atoms with E-state index in [2.05, 4.69) is 6.92 Å². The van der Waals surface area contributed by atoms with Gasteiger partial charge in [0.1, 0.15) is 23.1 Å². The topological polar surface area (TPSA) is 71.1 Å². The van der Waals surface area contributed by atoms with Gasteiger partial charge in [0.05, 0.1) is 18.8 Å². The maximum absolute atomic E-state index is 14.9. The number of carbonyl (C=O) groups is 2. The zero-order chi connectivity index (χ0) is 28.7. The molecule has 214 valence electrons. The first-order chi connectivity index (χ1) is 19.4. The number of benzene rings is 3. The Bertz CT molecular complexity index is 1210. The summed E-state index contributed by atoms with van der Waals surface area (Å²) in [7, 11) is 0. The number of carbonyl (C=O) groups excluding carboxylic acids is 2. The molecule has 0 spiro atoms. The summed E-state index contributed by atoms with van der Waals surface area (Å²) in [6.07, 6.45) is 7.17. The fourth-order valence-electron chi connectivity index (χ4n) is 4.00. The molecule has 0 aliphatic rings. The van der Waals surface area contributed by atoms with E-state index in [1.165, 1.54) is 49.9 Å². The summed E-state index contributed by atoms with van der Waals surface area (Å²) in [4.78, 5) is 24.5. The molecular weight excluding hydrogens is 511 g/mol. The van der Waals surface area contributed by atoms with Crippen LogP contribution in [0.3, 0.4) is 0 Å². The average molecular weight is 551 g/mol. The van der Waals surface area contributed by atoms with Crippen molar-refractivity contribution < 1.29 is 32.9 Å². The monoisotopic (exact) mass is 550 g/mol. The zero-order valence-electron chi connectivity index (χ0n) is 23.6. The van der Waals surface area contributed by atoms with Gasteiger partial charge in [0, 0.05) is 5.56 Å². The van der Waals surface area contributed by atoms with Crippen molar-refractivity contribution in [2.45, 2.75) is 71.8 Å². The van der Waals surface area contributed by atoms with Gasteiger partial charge in [-0.2, -0.15) is 0 Å². The molecule has 40 heavy (non-hydrogen) atoms. The molecule has 0 aliphatic carbocycles. The van der Waals surface area contributed by atoms with Crippen LogP contribution in [-0.2, 0) is 9.53 Å². The van der Waals surface area contributed by atoms with Gasteiger partial charge in [-0.25, -0.2) is 14.0 Å². The third-order valence-electron chi connectivity index (χ3n) is 6.26. The second kappa shape index (κ2) is 16.3. The summed E-state index contributed by atoms with van der Waals surface area (Å²) in [5, 5.41) is 0. The number of halogens is 1. The lowest BCUT2D eigenvalue weighted by molar-refractivity contribution is -0.151. The van der Waals surface area contributed by atoms with Crippen LogP contribution in [0, 0.1) is 5.82 Å².